The zero-order valence-electron chi connectivity index (χ0n) is 10.7. The monoisotopic (exact) mass is 314 g/mol. The van der Waals surface area contributed by atoms with Crippen molar-refractivity contribution in [3.8, 4) is 0 Å². The molecule has 0 aliphatic carbocycles. The molecule has 0 aromatic carbocycles. The summed E-state index contributed by atoms with van der Waals surface area (Å²) in [4.78, 5) is 18.1. The normalized spacial score (nSPS) is 10.2. The summed E-state index contributed by atoms with van der Waals surface area (Å²) in [6.45, 7) is 1.28. The van der Waals surface area contributed by atoms with E-state index in [2.05, 4.69) is 26.2 Å². The molecule has 0 radical (unpaired) electrons. The summed E-state index contributed by atoms with van der Waals surface area (Å²) >= 11 is 3.33. The van der Waals surface area contributed by atoms with Gasteiger partial charge in [-0.15, -0.1) is 0 Å². The lowest BCUT2D eigenvalue weighted by Gasteiger charge is -2.16. The van der Waals surface area contributed by atoms with E-state index in [1.54, 1.807) is 12.3 Å². The second-order valence-corrected chi connectivity index (χ2v) is 5.09. The standard InChI is InChI=1S/C12H19BrN4O/c1-17(2)11-10(7-9(13)8-16-11)12(18)15-6-4-3-5-14/h7-8H,3-6,14H2,1-2H3,(H,15,18). The quantitative estimate of drug-likeness (QED) is 0.778. The SMILES string of the molecule is CN(C)c1ncc(Br)cc1C(=O)NCCCCN. The van der Waals surface area contributed by atoms with Gasteiger partial charge < -0.3 is 16.0 Å². The second kappa shape index (κ2) is 7.33. The highest BCUT2D eigenvalue weighted by Gasteiger charge is 2.14. The molecule has 0 spiro atoms. The summed E-state index contributed by atoms with van der Waals surface area (Å²) in [7, 11) is 3.73. The molecule has 0 bridgehead atoms. The summed E-state index contributed by atoms with van der Waals surface area (Å²) in [5, 5.41) is 2.87. The van der Waals surface area contributed by atoms with Gasteiger partial charge in [0.25, 0.3) is 5.91 Å². The average molecular weight is 315 g/mol. The molecule has 0 saturated heterocycles. The maximum Gasteiger partial charge on any atom is 0.255 e. The lowest BCUT2D eigenvalue weighted by Crippen LogP contribution is -2.27. The van der Waals surface area contributed by atoms with E-state index in [9.17, 15) is 4.79 Å². The number of nitrogens with two attached hydrogens (primary N) is 1. The third-order valence-corrected chi connectivity index (χ3v) is 2.85. The predicted molar refractivity (Wildman–Crippen MR) is 76.9 cm³/mol. The van der Waals surface area contributed by atoms with Crippen molar-refractivity contribution in [3.05, 3.63) is 22.3 Å². The summed E-state index contributed by atoms with van der Waals surface area (Å²) in [5.74, 6) is 0.555. The summed E-state index contributed by atoms with van der Waals surface area (Å²) in [6.07, 6.45) is 3.49. The molecule has 0 unspecified atom stereocenters. The molecule has 1 amide bonds. The number of nitrogens with one attached hydrogen (secondary N) is 1. The zero-order chi connectivity index (χ0) is 13.5. The molecule has 1 aromatic heterocycles. The zero-order valence-corrected chi connectivity index (χ0v) is 12.3. The summed E-state index contributed by atoms with van der Waals surface area (Å²) in [5.41, 5.74) is 5.98. The van der Waals surface area contributed by atoms with Crippen LogP contribution in [0.4, 0.5) is 5.82 Å². The van der Waals surface area contributed by atoms with Gasteiger partial charge in [0.2, 0.25) is 0 Å². The Bertz CT molecular complexity index is 409. The Morgan fingerprint density at radius 3 is 2.83 bits per heavy atom. The fourth-order valence-electron chi connectivity index (χ4n) is 1.52. The fourth-order valence-corrected chi connectivity index (χ4v) is 1.85. The fraction of sp³-hybridized carbons (Fsp3) is 0.500. The molecule has 0 atom stereocenters. The lowest BCUT2D eigenvalue weighted by molar-refractivity contribution is 0.0953. The Labute approximate surface area is 116 Å². The van der Waals surface area contributed by atoms with E-state index in [0.29, 0.717) is 24.5 Å². The highest BCUT2D eigenvalue weighted by atomic mass is 79.9. The van der Waals surface area contributed by atoms with E-state index in [1.807, 2.05) is 19.0 Å². The number of aromatic nitrogens is 1. The molecule has 18 heavy (non-hydrogen) atoms. The predicted octanol–water partition coefficient (Wildman–Crippen LogP) is 1.38. The molecule has 5 nitrogen and oxygen atoms in total. The van der Waals surface area contributed by atoms with Gasteiger partial charge in [-0.05, 0) is 41.4 Å². The third-order valence-electron chi connectivity index (χ3n) is 2.42. The average Bonchev–Trinajstić information content (AvgIpc) is 2.34. The Kier molecular flexibility index (Phi) is 6.07. The molecule has 0 saturated carbocycles. The van der Waals surface area contributed by atoms with Gasteiger partial charge in [-0.25, -0.2) is 4.98 Å². The van der Waals surface area contributed by atoms with Crippen molar-refractivity contribution in [2.24, 2.45) is 5.73 Å². The number of nitrogens with zero attached hydrogens (tertiary/aromatic N) is 2. The number of hydrogen-bond donors (Lipinski definition) is 2. The minimum Gasteiger partial charge on any atom is -0.362 e. The molecular weight excluding hydrogens is 296 g/mol. The second-order valence-electron chi connectivity index (χ2n) is 4.17. The van der Waals surface area contributed by atoms with Crippen LogP contribution < -0.4 is 16.0 Å². The molecule has 0 aliphatic heterocycles. The van der Waals surface area contributed by atoms with E-state index in [4.69, 9.17) is 5.73 Å². The van der Waals surface area contributed by atoms with Crippen molar-refractivity contribution < 1.29 is 4.79 Å². The van der Waals surface area contributed by atoms with Gasteiger partial charge in [-0.3, -0.25) is 4.79 Å². The number of carbonyl (C=O) groups is 1. The van der Waals surface area contributed by atoms with Crippen molar-refractivity contribution in [1.82, 2.24) is 10.3 Å². The van der Waals surface area contributed by atoms with Gasteiger partial charge in [-0.1, -0.05) is 0 Å². The van der Waals surface area contributed by atoms with E-state index in [0.717, 1.165) is 17.3 Å². The Morgan fingerprint density at radius 1 is 1.50 bits per heavy atom. The highest BCUT2D eigenvalue weighted by molar-refractivity contribution is 9.10. The molecule has 0 aliphatic rings. The molecule has 100 valence electrons. The first-order chi connectivity index (χ1) is 8.56. The van der Waals surface area contributed by atoms with E-state index >= 15 is 0 Å². The van der Waals surface area contributed by atoms with E-state index in [-0.39, 0.29) is 5.91 Å². The molecule has 6 heteroatoms. The van der Waals surface area contributed by atoms with Crippen LogP contribution in [0.5, 0.6) is 0 Å². The molecule has 0 fully saturated rings. The summed E-state index contributed by atoms with van der Waals surface area (Å²) < 4.78 is 0.792. The summed E-state index contributed by atoms with van der Waals surface area (Å²) in [6, 6.07) is 1.78. The molecule has 1 rings (SSSR count). The van der Waals surface area contributed by atoms with Crippen LogP contribution in [0.2, 0.25) is 0 Å². The Balaban J connectivity index is 2.74. The van der Waals surface area contributed by atoms with E-state index < -0.39 is 0 Å². The van der Waals surface area contributed by atoms with Crippen molar-refractivity contribution >= 4 is 27.7 Å². The molecule has 3 N–H and O–H groups in total. The minimum atomic E-state index is -0.107. The van der Waals surface area contributed by atoms with Gasteiger partial charge in [0.1, 0.15) is 5.82 Å². The maximum atomic E-state index is 12.1. The molecular formula is C12H19BrN4O. The van der Waals surface area contributed by atoms with Crippen molar-refractivity contribution in [3.63, 3.8) is 0 Å². The van der Waals surface area contributed by atoms with Gasteiger partial charge in [-0.2, -0.15) is 0 Å². The van der Waals surface area contributed by atoms with Crippen LogP contribution in [0.25, 0.3) is 0 Å². The third kappa shape index (κ3) is 4.27. The van der Waals surface area contributed by atoms with Crippen LogP contribution in [0.1, 0.15) is 23.2 Å². The van der Waals surface area contributed by atoms with Crippen LogP contribution in [0.15, 0.2) is 16.7 Å². The number of amides is 1. The Hall–Kier alpha value is -1.14. The molecule has 1 aromatic rings. The highest BCUT2D eigenvalue weighted by Crippen LogP contribution is 2.19. The minimum absolute atomic E-state index is 0.107. The largest absolute Gasteiger partial charge is 0.362 e. The van der Waals surface area contributed by atoms with Crippen molar-refractivity contribution in [2.45, 2.75) is 12.8 Å². The topological polar surface area (TPSA) is 71.2 Å². The maximum absolute atomic E-state index is 12.1. The van der Waals surface area contributed by atoms with Crippen LogP contribution in [0.3, 0.4) is 0 Å². The number of hydrogen-bond acceptors (Lipinski definition) is 4. The van der Waals surface area contributed by atoms with Crippen LogP contribution in [-0.4, -0.2) is 38.1 Å². The van der Waals surface area contributed by atoms with Crippen LogP contribution in [0, 0.1) is 0 Å². The van der Waals surface area contributed by atoms with Crippen molar-refractivity contribution in [2.75, 3.05) is 32.1 Å². The van der Waals surface area contributed by atoms with Gasteiger partial charge in [0, 0.05) is 31.3 Å². The van der Waals surface area contributed by atoms with Crippen LogP contribution in [-0.2, 0) is 0 Å². The number of anilines is 1. The molecule has 1 heterocycles. The van der Waals surface area contributed by atoms with Crippen LogP contribution >= 0.6 is 15.9 Å². The van der Waals surface area contributed by atoms with Gasteiger partial charge >= 0.3 is 0 Å². The van der Waals surface area contributed by atoms with E-state index in [1.165, 1.54) is 0 Å². The lowest BCUT2D eigenvalue weighted by atomic mass is 10.2. The number of rotatable bonds is 6. The smallest absolute Gasteiger partial charge is 0.255 e. The van der Waals surface area contributed by atoms with Crippen molar-refractivity contribution in [1.29, 1.82) is 0 Å². The number of pyridine rings is 1. The van der Waals surface area contributed by atoms with Gasteiger partial charge in [0.15, 0.2) is 0 Å². The number of unbranched alkanes of at least 4 members (excludes halogenated alkanes) is 1. The van der Waals surface area contributed by atoms with Gasteiger partial charge in [0.05, 0.1) is 5.56 Å². The Morgan fingerprint density at radius 2 is 2.22 bits per heavy atom. The number of carbonyl (C=O) groups excluding carboxylic acids is 1. The number of halogens is 1. The first kappa shape index (κ1) is 14.9. The first-order valence-electron chi connectivity index (χ1n) is 5.87. The first-order valence-corrected chi connectivity index (χ1v) is 6.66.